The number of fused-ring (bicyclic) bond motifs is 2. The van der Waals surface area contributed by atoms with E-state index in [0.717, 1.165) is 0 Å². The number of rotatable bonds is 5. The molecule has 4 heterocycles. The predicted octanol–water partition coefficient (Wildman–Crippen LogP) is 2.96. The minimum absolute atomic E-state index is 0.132. The number of carbonyl (C=O) groups is 1. The molecule has 1 fully saturated rings. The number of tetrazole rings is 1. The topological polar surface area (TPSA) is 132 Å². The standard InChI is InChI=1S/C20H15ClF2N10O/c1-8(33-7-26-30-31-33)15-18(23)17(21)16(10-3-25-29-19(10)15)12-5-32-6-13(27-14(32)4-24-12)28-20(34)9-2-11(9)22/h3-9,11H,2H2,1H3,(H,25,29)(H,28,34)/t8-,9+,11-/m0/s1. The smallest absolute Gasteiger partial charge is 0.231 e. The van der Waals surface area contributed by atoms with E-state index in [1.54, 1.807) is 29.9 Å². The molecular weight excluding hydrogens is 470 g/mol. The van der Waals surface area contributed by atoms with Crippen LogP contribution in [0.2, 0.25) is 5.02 Å². The highest BCUT2D eigenvalue weighted by atomic mass is 35.5. The van der Waals surface area contributed by atoms with E-state index < -0.39 is 29.9 Å². The SMILES string of the molecule is C[C@@H](c1c(F)c(Cl)c(-c2cn3cc(NC(=O)[C@@H]4C[C@@H]4F)nc3cn2)c2cn[nH]c12)n1cnnn1. The molecule has 2 N–H and O–H groups in total. The fourth-order valence-electron chi connectivity index (χ4n) is 4.00. The number of hydrogen-bond donors (Lipinski definition) is 2. The highest BCUT2D eigenvalue weighted by Crippen LogP contribution is 2.41. The van der Waals surface area contributed by atoms with Crippen molar-refractivity contribution in [2.75, 3.05) is 5.32 Å². The molecule has 1 amide bonds. The van der Waals surface area contributed by atoms with Crippen molar-refractivity contribution in [3.63, 3.8) is 0 Å². The van der Waals surface area contributed by atoms with E-state index in [2.05, 4.69) is 41.0 Å². The molecule has 1 aliphatic rings. The molecule has 0 saturated heterocycles. The van der Waals surface area contributed by atoms with Gasteiger partial charge in [-0.2, -0.15) is 5.10 Å². The lowest BCUT2D eigenvalue weighted by atomic mass is 9.98. The molecule has 3 atom stereocenters. The van der Waals surface area contributed by atoms with E-state index in [1.807, 2.05) is 0 Å². The van der Waals surface area contributed by atoms with Crippen molar-refractivity contribution in [2.45, 2.75) is 25.6 Å². The Labute approximate surface area is 194 Å². The van der Waals surface area contributed by atoms with Crippen LogP contribution in [0.25, 0.3) is 27.8 Å². The van der Waals surface area contributed by atoms with Crippen molar-refractivity contribution in [3.8, 4) is 11.3 Å². The van der Waals surface area contributed by atoms with E-state index in [1.165, 1.54) is 17.2 Å². The predicted molar refractivity (Wildman–Crippen MR) is 116 cm³/mol. The van der Waals surface area contributed by atoms with Crippen molar-refractivity contribution in [2.24, 2.45) is 5.92 Å². The lowest BCUT2D eigenvalue weighted by Gasteiger charge is -2.16. The summed E-state index contributed by atoms with van der Waals surface area (Å²) in [5.74, 6) is -1.44. The maximum atomic E-state index is 15.6. The molecule has 6 rings (SSSR count). The summed E-state index contributed by atoms with van der Waals surface area (Å²) in [5, 5.41) is 21.0. The zero-order chi connectivity index (χ0) is 23.6. The second-order valence-electron chi connectivity index (χ2n) is 8.05. The summed E-state index contributed by atoms with van der Waals surface area (Å²) < 4.78 is 31.8. The normalized spacial score (nSPS) is 18.5. The number of halogens is 3. The van der Waals surface area contributed by atoms with Gasteiger partial charge in [-0.05, 0) is 23.8 Å². The van der Waals surface area contributed by atoms with Gasteiger partial charge in [0.1, 0.15) is 18.3 Å². The number of carbonyl (C=O) groups excluding carboxylic acids is 1. The zero-order valence-corrected chi connectivity index (χ0v) is 18.2. The van der Waals surface area contributed by atoms with Gasteiger partial charge in [-0.3, -0.25) is 14.9 Å². The minimum Gasteiger partial charge on any atom is -0.309 e. The Hall–Kier alpha value is -4.00. The summed E-state index contributed by atoms with van der Waals surface area (Å²) in [6.45, 7) is 1.74. The molecule has 0 unspecified atom stereocenters. The number of nitrogens with one attached hydrogen (secondary N) is 2. The second kappa shape index (κ2) is 7.52. The summed E-state index contributed by atoms with van der Waals surface area (Å²) >= 11 is 6.52. The van der Waals surface area contributed by atoms with Crippen molar-refractivity contribution < 1.29 is 13.6 Å². The van der Waals surface area contributed by atoms with Crippen molar-refractivity contribution >= 4 is 39.9 Å². The van der Waals surface area contributed by atoms with E-state index in [0.29, 0.717) is 27.8 Å². The summed E-state index contributed by atoms with van der Waals surface area (Å²) in [5.41, 5.74) is 1.84. The number of anilines is 1. The average molecular weight is 485 g/mol. The molecule has 14 heteroatoms. The molecule has 4 aromatic heterocycles. The Morgan fingerprint density at radius 3 is 2.91 bits per heavy atom. The first kappa shape index (κ1) is 20.6. The van der Waals surface area contributed by atoms with Crippen molar-refractivity contribution in [1.82, 2.24) is 44.8 Å². The zero-order valence-electron chi connectivity index (χ0n) is 17.4. The maximum Gasteiger partial charge on any atom is 0.231 e. The summed E-state index contributed by atoms with van der Waals surface area (Å²) in [7, 11) is 0. The number of benzene rings is 1. The molecule has 172 valence electrons. The molecule has 1 aliphatic carbocycles. The lowest BCUT2D eigenvalue weighted by molar-refractivity contribution is -0.117. The highest BCUT2D eigenvalue weighted by molar-refractivity contribution is 6.35. The molecule has 11 nitrogen and oxygen atoms in total. The Balaban J connectivity index is 1.43. The quantitative estimate of drug-likeness (QED) is 0.392. The largest absolute Gasteiger partial charge is 0.309 e. The van der Waals surface area contributed by atoms with Crippen LogP contribution >= 0.6 is 11.6 Å². The number of nitrogens with zero attached hydrogens (tertiary/aromatic N) is 8. The first-order valence-electron chi connectivity index (χ1n) is 10.3. The maximum absolute atomic E-state index is 15.6. The molecular formula is C20H15ClF2N10O. The van der Waals surface area contributed by atoms with Crippen LogP contribution in [-0.4, -0.2) is 56.9 Å². The average Bonchev–Trinajstić information content (AvgIpc) is 3.26. The monoisotopic (exact) mass is 484 g/mol. The van der Waals surface area contributed by atoms with Crippen LogP contribution in [0.1, 0.15) is 24.9 Å². The first-order valence-corrected chi connectivity index (χ1v) is 10.7. The van der Waals surface area contributed by atoms with E-state index in [4.69, 9.17) is 11.6 Å². The number of amides is 1. The molecule has 0 spiro atoms. The fourth-order valence-corrected chi connectivity index (χ4v) is 4.30. The first-order chi connectivity index (χ1) is 16.4. The number of H-pyrrole nitrogens is 1. The Morgan fingerprint density at radius 2 is 2.18 bits per heavy atom. The van der Waals surface area contributed by atoms with Crippen molar-refractivity contribution in [3.05, 3.63) is 47.5 Å². The Kier molecular flexibility index (Phi) is 4.55. The summed E-state index contributed by atoms with van der Waals surface area (Å²) in [6.07, 6.45) is 6.70. The van der Waals surface area contributed by atoms with Crippen LogP contribution in [0.3, 0.4) is 0 Å². The van der Waals surface area contributed by atoms with Gasteiger partial charge in [-0.1, -0.05) is 11.6 Å². The van der Waals surface area contributed by atoms with Crippen LogP contribution < -0.4 is 5.32 Å². The molecule has 0 bridgehead atoms. The molecule has 5 aromatic rings. The van der Waals surface area contributed by atoms with Gasteiger partial charge in [-0.15, -0.1) is 5.10 Å². The van der Waals surface area contributed by atoms with Crippen LogP contribution in [0.15, 0.2) is 31.1 Å². The third-order valence-corrected chi connectivity index (χ3v) is 6.26. The molecule has 0 radical (unpaired) electrons. The third-order valence-electron chi connectivity index (χ3n) is 5.90. The Morgan fingerprint density at radius 1 is 1.35 bits per heavy atom. The van der Waals surface area contributed by atoms with Gasteiger partial charge in [0.2, 0.25) is 5.91 Å². The van der Waals surface area contributed by atoms with E-state index in [9.17, 15) is 9.18 Å². The molecule has 1 saturated carbocycles. The van der Waals surface area contributed by atoms with Gasteiger partial charge in [0.05, 0.1) is 46.8 Å². The van der Waals surface area contributed by atoms with Gasteiger partial charge >= 0.3 is 0 Å². The second-order valence-corrected chi connectivity index (χ2v) is 8.43. The van der Waals surface area contributed by atoms with Gasteiger partial charge in [0.25, 0.3) is 0 Å². The fraction of sp³-hybridized carbons (Fsp3) is 0.250. The Bertz CT molecular complexity index is 1560. The molecule has 1 aromatic carbocycles. The van der Waals surface area contributed by atoms with Crippen LogP contribution in [-0.2, 0) is 4.79 Å². The van der Waals surface area contributed by atoms with Gasteiger partial charge in [0, 0.05) is 22.7 Å². The van der Waals surface area contributed by atoms with E-state index >= 15 is 4.39 Å². The third kappa shape index (κ3) is 3.19. The van der Waals surface area contributed by atoms with Gasteiger partial charge in [0.15, 0.2) is 11.5 Å². The van der Waals surface area contributed by atoms with Crippen LogP contribution in [0.5, 0.6) is 0 Å². The number of aromatic amines is 1. The highest BCUT2D eigenvalue weighted by Gasteiger charge is 2.43. The minimum atomic E-state index is -1.11. The number of alkyl halides is 1. The van der Waals surface area contributed by atoms with Crippen LogP contribution in [0, 0.1) is 11.7 Å². The van der Waals surface area contributed by atoms with Gasteiger partial charge < -0.3 is 9.72 Å². The number of aromatic nitrogens is 9. The summed E-state index contributed by atoms with van der Waals surface area (Å²) in [4.78, 5) is 20.7. The van der Waals surface area contributed by atoms with Crippen molar-refractivity contribution in [1.29, 1.82) is 0 Å². The molecule has 34 heavy (non-hydrogen) atoms. The number of imidazole rings is 1. The summed E-state index contributed by atoms with van der Waals surface area (Å²) in [6, 6.07) is -0.560. The van der Waals surface area contributed by atoms with Crippen LogP contribution in [0.4, 0.5) is 14.6 Å². The lowest BCUT2D eigenvalue weighted by Crippen LogP contribution is -2.15. The molecule has 0 aliphatic heterocycles. The number of hydrogen-bond acceptors (Lipinski definition) is 7. The van der Waals surface area contributed by atoms with E-state index in [-0.39, 0.29) is 22.8 Å². The van der Waals surface area contributed by atoms with Gasteiger partial charge in [-0.25, -0.2) is 18.4 Å².